The van der Waals surface area contributed by atoms with E-state index in [1.165, 1.54) is 5.56 Å². The molecular formula is C13H17NO3. The lowest BCUT2D eigenvalue weighted by Crippen LogP contribution is -2.49. The summed E-state index contributed by atoms with van der Waals surface area (Å²) < 4.78 is 5.30. The average molecular weight is 235 g/mol. The summed E-state index contributed by atoms with van der Waals surface area (Å²) in [7, 11) is 1.66. The summed E-state index contributed by atoms with van der Waals surface area (Å²) in [5.41, 5.74) is 2.31. The first-order valence-electron chi connectivity index (χ1n) is 5.69. The van der Waals surface area contributed by atoms with Gasteiger partial charge in [-0.25, -0.2) is 0 Å². The number of likely N-dealkylation sites (tertiary alicyclic amines) is 1. The van der Waals surface area contributed by atoms with Crippen LogP contribution in [-0.4, -0.2) is 36.2 Å². The molecule has 4 heteroatoms. The number of nitrogens with zero attached hydrogens (tertiary/aromatic N) is 1. The number of benzene rings is 1. The third-order valence-corrected chi connectivity index (χ3v) is 3.14. The largest absolute Gasteiger partial charge is 0.496 e. The monoisotopic (exact) mass is 235 g/mol. The van der Waals surface area contributed by atoms with Gasteiger partial charge in [0.25, 0.3) is 0 Å². The molecule has 1 aromatic rings. The average Bonchev–Trinajstić information content (AvgIpc) is 2.22. The Bertz CT molecular complexity index is 425. The molecule has 1 aromatic carbocycles. The highest BCUT2D eigenvalue weighted by molar-refractivity contribution is 5.71. The van der Waals surface area contributed by atoms with Gasteiger partial charge in [-0.05, 0) is 13.0 Å². The molecule has 1 saturated heterocycles. The lowest BCUT2D eigenvalue weighted by molar-refractivity contribution is -0.147. The van der Waals surface area contributed by atoms with Crippen molar-refractivity contribution in [3.63, 3.8) is 0 Å². The molecular weight excluding hydrogens is 218 g/mol. The topological polar surface area (TPSA) is 49.8 Å². The molecule has 17 heavy (non-hydrogen) atoms. The van der Waals surface area contributed by atoms with Gasteiger partial charge in [-0.3, -0.25) is 9.69 Å². The van der Waals surface area contributed by atoms with E-state index in [0.717, 1.165) is 17.9 Å². The van der Waals surface area contributed by atoms with Crippen molar-refractivity contribution in [2.24, 2.45) is 5.92 Å². The molecule has 1 aliphatic heterocycles. The molecule has 0 spiro atoms. The third kappa shape index (κ3) is 2.58. The normalized spacial score (nSPS) is 16.6. The Morgan fingerprint density at radius 2 is 2.24 bits per heavy atom. The van der Waals surface area contributed by atoms with Crippen molar-refractivity contribution in [2.45, 2.75) is 13.5 Å². The van der Waals surface area contributed by atoms with Crippen LogP contribution in [0.2, 0.25) is 0 Å². The van der Waals surface area contributed by atoms with Gasteiger partial charge in [-0.1, -0.05) is 17.7 Å². The summed E-state index contributed by atoms with van der Waals surface area (Å²) in [5.74, 6) is -0.0300. The van der Waals surface area contributed by atoms with Crippen molar-refractivity contribution < 1.29 is 14.6 Å². The van der Waals surface area contributed by atoms with Crippen LogP contribution >= 0.6 is 0 Å². The zero-order valence-electron chi connectivity index (χ0n) is 10.1. The number of hydrogen-bond acceptors (Lipinski definition) is 3. The van der Waals surface area contributed by atoms with E-state index in [1.54, 1.807) is 7.11 Å². The highest BCUT2D eigenvalue weighted by Gasteiger charge is 2.32. The van der Waals surface area contributed by atoms with Crippen LogP contribution in [0.4, 0.5) is 0 Å². The van der Waals surface area contributed by atoms with Crippen LogP contribution in [-0.2, 0) is 11.3 Å². The van der Waals surface area contributed by atoms with Gasteiger partial charge in [-0.15, -0.1) is 0 Å². The number of rotatable bonds is 4. The Morgan fingerprint density at radius 1 is 1.53 bits per heavy atom. The first-order valence-corrected chi connectivity index (χ1v) is 5.69. The van der Waals surface area contributed by atoms with Gasteiger partial charge in [0, 0.05) is 25.2 Å². The zero-order valence-corrected chi connectivity index (χ0v) is 10.1. The molecule has 0 bridgehead atoms. The van der Waals surface area contributed by atoms with Crippen molar-refractivity contribution in [3.05, 3.63) is 29.3 Å². The van der Waals surface area contributed by atoms with E-state index in [9.17, 15) is 4.79 Å². The Kier molecular flexibility index (Phi) is 3.33. The van der Waals surface area contributed by atoms with Crippen LogP contribution < -0.4 is 4.74 Å². The maximum Gasteiger partial charge on any atom is 0.309 e. The molecule has 0 atom stereocenters. The number of hydrogen-bond donors (Lipinski definition) is 1. The lowest BCUT2D eigenvalue weighted by Gasteiger charge is -2.36. The quantitative estimate of drug-likeness (QED) is 0.859. The van der Waals surface area contributed by atoms with E-state index < -0.39 is 5.97 Å². The zero-order chi connectivity index (χ0) is 12.4. The van der Waals surface area contributed by atoms with Gasteiger partial charge in [0.05, 0.1) is 13.0 Å². The minimum Gasteiger partial charge on any atom is -0.496 e. The summed E-state index contributed by atoms with van der Waals surface area (Å²) >= 11 is 0. The van der Waals surface area contributed by atoms with Gasteiger partial charge in [0.2, 0.25) is 0 Å². The predicted molar refractivity (Wildman–Crippen MR) is 64.1 cm³/mol. The fourth-order valence-corrected chi connectivity index (χ4v) is 2.13. The summed E-state index contributed by atoms with van der Waals surface area (Å²) in [4.78, 5) is 12.8. The fourth-order valence-electron chi connectivity index (χ4n) is 2.13. The van der Waals surface area contributed by atoms with Crippen LogP contribution in [0.25, 0.3) is 0 Å². The number of carboxylic acids is 1. The second-order valence-corrected chi connectivity index (χ2v) is 4.54. The number of ether oxygens (including phenoxy) is 1. The third-order valence-electron chi connectivity index (χ3n) is 3.14. The highest BCUT2D eigenvalue weighted by Crippen LogP contribution is 2.25. The molecule has 0 radical (unpaired) electrons. The van der Waals surface area contributed by atoms with Gasteiger partial charge >= 0.3 is 5.97 Å². The van der Waals surface area contributed by atoms with Gasteiger partial charge in [0.1, 0.15) is 5.75 Å². The molecule has 1 fully saturated rings. The van der Waals surface area contributed by atoms with Crippen molar-refractivity contribution in [3.8, 4) is 5.75 Å². The molecule has 0 saturated carbocycles. The maximum atomic E-state index is 10.7. The maximum absolute atomic E-state index is 10.7. The second-order valence-electron chi connectivity index (χ2n) is 4.54. The van der Waals surface area contributed by atoms with Crippen molar-refractivity contribution >= 4 is 5.97 Å². The smallest absolute Gasteiger partial charge is 0.309 e. The molecule has 2 rings (SSSR count). The van der Waals surface area contributed by atoms with Crippen LogP contribution in [0.3, 0.4) is 0 Å². The molecule has 0 aliphatic carbocycles. The van der Waals surface area contributed by atoms with E-state index in [2.05, 4.69) is 11.0 Å². The molecule has 0 amide bonds. The SMILES string of the molecule is COc1ccc(C)cc1CN1CC(C(=O)O)C1. The molecule has 92 valence electrons. The first kappa shape index (κ1) is 11.9. The van der Waals surface area contributed by atoms with E-state index in [0.29, 0.717) is 13.1 Å². The lowest BCUT2D eigenvalue weighted by atomic mass is 9.99. The summed E-state index contributed by atoms with van der Waals surface area (Å²) in [6, 6.07) is 6.06. The Balaban J connectivity index is 2.00. The number of methoxy groups -OCH3 is 1. The number of aryl methyl sites for hydroxylation is 1. The summed E-state index contributed by atoms with van der Waals surface area (Å²) in [6.07, 6.45) is 0. The van der Waals surface area contributed by atoms with Crippen LogP contribution in [0.15, 0.2) is 18.2 Å². The molecule has 0 unspecified atom stereocenters. The van der Waals surface area contributed by atoms with Gasteiger partial charge in [-0.2, -0.15) is 0 Å². The first-order chi connectivity index (χ1) is 8.10. The summed E-state index contributed by atoms with van der Waals surface area (Å²) in [6.45, 7) is 4.06. The van der Waals surface area contributed by atoms with Crippen LogP contribution in [0.1, 0.15) is 11.1 Å². The second kappa shape index (κ2) is 4.75. The Labute approximate surface area is 101 Å². The molecule has 4 nitrogen and oxygen atoms in total. The molecule has 1 aliphatic rings. The number of aliphatic carboxylic acids is 1. The van der Waals surface area contributed by atoms with Crippen molar-refractivity contribution in [1.82, 2.24) is 4.90 Å². The fraction of sp³-hybridized carbons (Fsp3) is 0.462. The predicted octanol–water partition coefficient (Wildman–Crippen LogP) is 1.52. The van der Waals surface area contributed by atoms with E-state index in [4.69, 9.17) is 9.84 Å². The Hall–Kier alpha value is -1.55. The minimum absolute atomic E-state index is 0.203. The Morgan fingerprint density at radius 3 is 2.82 bits per heavy atom. The van der Waals surface area contributed by atoms with Gasteiger partial charge in [0.15, 0.2) is 0 Å². The standard InChI is InChI=1S/C13H17NO3/c1-9-3-4-12(17-2)10(5-9)6-14-7-11(8-14)13(15)16/h3-5,11H,6-8H2,1-2H3,(H,15,16). The van der Waals surface area contributed by atoms with Crippen LogP contribution in [0.5, 0.6) is 5.75 Å². The number of carboxylic acid groups (broad SMARTS) is 1. The summed E-state index contributed by atoms with van der Waals surface area (Å²) in [5, 5.41) is 8.81. The van der Waals surface area contributed by atoms with Crippen molar-refractivity contribution in [1.29, 1.82) is 0 Å². The number of carbonyl (C=O) groups is 1. The van der Waals surface area contributed by atoms with Gasteiger partial charge < -0.3 is 9.84 Å². The van der Waals surface area contributed by atoms with Crippen molar-refractivity contribution in [2.75, 3.05) is 20.2 Å². The van der Waals surface area contributed by atoms with Crippen LogP contribution in [0, 0.1) is 12.8 Å². The van der Waals surface area contributed by atoms with E-state index in [1.807, 2.05) is 19.1 Å². The molecule has 0 aromatic heterocycles. The highest BCUT2D eigenvalue weighted by atomic mass is 16.5. The molecule has 1 heterocycles. The minimum atomic E-state index is -0.697. The van der Waals surface area contributed by atoms with E-state index >= 15 is 0 Å². The van der Waals surface area contributed by atoms with E-state index in [-0.39, 0.29) is 5.92 Å². The molecule has 1 N–H and O–H groups in total.